The number of hydrogen-bond acceptors (Lipinski definition) is 2. The van der Waals surface area contributed by atoms with Gasteiger partial charge in [0.1, 0.15) is 0 Å². The van der Waals surface area contributed by atoms with E-state index in [4.69, 9.17) is 0 Å². The van der Waals surface area contributed by atoms with Gasteiger partial charge in [-0.25, -0.2) is 0 Å². The third kappa shape index (κ3) is 3.06. The van der Waals surface area contributed by atoms with Gasteiger partial charge in [0.15, 0.2) is 0 Å². The number of nitrogens with zero attached hydrogens (tertiary/aromatic N) is 2. The van der Waals surface area contributed by atoms with E-state index in [1.165, 1.54) is 0 Å². The molecular weight excluding hydrogens is 280 g/mol. The van der Waals surface area contributed by atoms with E-state index in [0.29, 0.717) is 5.56 Å². The predicted octanol–water partition coefficient (Wildman–Crippen LogP) is 2.94. The third-order valence-corrected chi connectivity index (χ3v) is 4.37. The fourth-order valence-corrected chi connectivity index (χ4v) is 1.83. The molecule has 1 heterocycles. The van der Waals surface area contributed by atoms with E-state index in [0.717, 1.165) is 16.7 Å². The lowest BCUT2D eigenvalue weighted by molar-refractivity contribution is 0.0662. The Morgan fingerprint density at radius 2 is 2.00 bits per heavy atom. The molecule has 1 amide bonds. The Bertz CT molecular complexity index is 429. The number of rotatable bonds is 3. The van der Waals surface area contributed by atoms with Crippen molar-refractivity contribution in [2.24, 2.45) is 0 Å². The molecule has 1 aromatic rings. The van der Waals surface area contributed by atoms with Gasteiger partial charge in [0.2, 0.25) is 0 Å². The largest absolute Gasteiger partial charge is 0.336 e. The monoisotopic (exact) mass is 298 g/mol. The van der Waals surface area contributed by atoms with E-state index in [1.807, 2.05) is 46.9 Å². The van der Waals surface area contributed by atoms with Crippen molar-refractivity contribution in [3.8, 4) is 0 Å². The van der Waals surface area contributed by atoms with Crippen LogP contribution >= 0.6 is 15.9 Å². The minimum absolute atomic E-state index is 0.0134. The summed E-state index contributed by atoms with van der Waals surface area (Å²) in [5.41, 5.74) is 2.18. The lowest BCUT2D eigenvalue weighted by Crippen LogP contribution is -2.46. The topological polar surface area (TPSA) is 33.2 Å². The van der Waals surface area contributed by atoms with Gasteiger partial charge in [0, 0.05) is 23.6 Å². The molecule has 1 rings (SSSR count). The average molecular weight is 299 g/mol. The molecule has 0 fully saturated rings. The van der Waals surface area contributed by atoms with Gasteiger partial charge in [-0.3, -0.25) is 9.78 Å². The summed E-state index contributed by atoms with van der Waals surface area (Å²) in [6.07, 6.45) is 0. The maximum Gasteiger partial charge on any atom is 0.255 e. The van der Waals surface area contributed by atoms with Crippen LogP contribution < -0.4 is 0 Å². The van der Waals surface area contributed by atoms with Crippen molar-refractivity contribution < 1.29 is 4.79 Å². The summed E-state index contributed by atoms with van der Waals surface area (Å²) in [5, 5.41) is 0.737. The first-order valence-electron chi connectivity index (χ1n) is 5.58. The van der Waals surface area contributed by atoms with Gasteiger partial charge in [-0.1, -0.05) is 15.9 Å². The van der Waals surface area contributed by atoms with Crippen LogP contribution in [0, 0.1) is 13.8 Å². The van der Waals surface area contributed by atoms with Crippen molar-refractivity contribution in [1.82, 2.24) is 9.88 Å². The van der Waals surface area contributed by atoms with Crippen LogP contribution in [-0.4, -0.2) is 33.7 Å². The fraction of sp³-hybridized carbons (Fsp3) is 0.538. The highest BCUT2D eigenvalue weighted by Crippen LogP contribution is 2.19. The fourth-order valence-electron chi connectivity index (χ4n) is 1.46. The Labute approximate surface area is 111 Å². The second kappa shape index (κ2) is 5.17. The van der Waals surface area contributed by atoms with Crippen LogP contribution in [0.4, 0.5) is 0 Å². The first-order chi connectivity index (χ1) is 7.79. The molecule has 0 aliphatic rings. The summed E-state index contributed by atoms with van der Waals surface area (Å²) in [5.74, 6) is 0.0134. The molecule has 0 bridgehead atoms. The molecule has 1 aromatic heterocycles. The normalized spacial score (nSPS) is 11.4. The van der Waals surface area contributed by atoms with Crippen LogP contribution in [0.1, 0.15) is 35.6 Å². The molecule has 0 atom stereocenters. The van der Waals surface area contributed by atoms with E-state index >= 15 is 0 Å². The maximum absolute atomic E-state index is 12.3. The standard InChI is InChI=1S/C13H19BrN2O/c1-9-6-7-11(10(2)15-9)12(17)16(5)13(3,4)8-14/h6-7H,8H2,1-5H3. The van der Waals surface area contributed by atoms with E-state index in [9.17, 15) is 4.79 Å². The zero-order valence-electron chi connectivity index (χ0n) is 11.0. The second-order valence-corrected chi connectivity index (χ2v) is 5.46. The molecule has 0 aliphatic heterocycles. The maximum atomic E-state index is 12.3. The van der Waals surface area contributed by atoms with Crippen molar-refractivity contribution in [2.75, 3.05) is 12.4 Å². The number of halogens is 1. The van der Waals surface area contributed by atoms with Gasteiger partial charge in [0.05, 0.1) is 11.3 Å². The lowest BCUT2D eigenvalue weighted by Gasteiger charge is -2.34. The van der Waals surface area contributed by atoms with Crippen LogP contribution in [0.5, 0.6) is 0 Å². The minimum Gasteiger partial charge on any atom is -0.336 e. The average Bonchev–Trinajstić information content (AvgIpc) is 2.27. The number of carbonyl (C=O) groups is 1. The number of hydrogen-bond donors (Lipinski definition) is 0. The Morgan fingerprint density at radius 1 is 1.41 bits per heavy atom. The lowest BCUT2D eigenvalue weighted by atomic mass is 10.0. The SMILES string of the molecule is Cc1ccc(C(=O)N(C)C(C)(C)CBr)c(C)n1. The summed E-state index contributed by atoms with van der Waals surface area (Å²) >= 11 is 3.43. The number of pyridine rings is 1. The molecule has 0 radical (unpaired) electrons. The van der Waals surface area contributed by atoms with Crippen LogP contribution in [-0.2, 0) is 0 Å². The molecule has 0 aliphatic carbocycles. The second-order valence-electron chi connectivity index (χ2n) is 4.90. The zero-order valence-corrected chi connectivity index (χ0v) is 12.6. The van der Waals surface area contributed by atoms with Crippen molar-refractivity contribution in [3.05, 3.63) is 29.1 Å². The predicted molar refractivity (Wildman–Crippen MR) is 73.7 cm³/mol. The number of carbonyl (C=O) groups excluding carboxylic acids is 1. The first kappa shape index (κ1) is 14.2. The minimum atomic E-state index is -0.214. The van der Waals surface area contributed by atoms with Gasteiger partial charge in [-0.05, 0) is 39.8 Å². The van der Waals surface area contributed by atoms with Crippen LogP contribution in [0.15, 0.2) is 12.1 Å². The number of amides is 1. The molecule has 0 aromatic carbocycles. The number of aryl methyl sites for hydroxylation is 2. The Kier molecular flexibility index (Phi) is 4.31. The molecular formula is C13H19BrN2O. The smallest absolute Gasteiger partial charge is 0.255 e. The summed E-state index contributed by atoms with van der Waals surface area (Å²) in [7, 11) is 1.82. The van der Waals surface area contributed by atoms with E-state index in [2.05, 4.69) is 20.9 Å². The number of alkyl halides is 1. The number of aromatic nitrogens is 1. The molecule has 94 valence electrons. The van der Waals surface area contributed by atoms with Crippen molar-refractivity contribution in [3.63, 3.8) is 0 Å². The molecule has 0 unspecified atom stereocenters. The highest BCUT2D eigenvalue weighted by molar-refractivity contribution is 9.09. The van der Waals surface area contributed by atoms with E-state index in [1.54, 1.807) is 4.90 Å². The Hall–Kier alpha value is -0.900. The Morgan fingerprint density at radius 3 is 2.47 bits per heavy atom. The van der Waals surface area contributed by atoms with Crippen LogP contribution in [0.25, 0.3) is 0 Å². The van der Waals surface area contributed by atoms with E-state index in [-0.39, 0.29) is 11.4 Å². The Balaban J connectivity index is 3.05. The zero-order chi connectivity index (χ0) is 13.2. The molecule has 0 saturated carbocycles. The van der Waals surface area contributed by atoms with Crippen molar-refractivity contribution in [1.29, 1.82) is 0 Å². The molecule has 4 heteroatoms. The summed E-state index contributed by atoms with van der Waals surface area (Å²) in [6, 6.07) is 3.72. The summed E-state index contributed by atoms with van der Waals surface area (Å²) in [4.78, 5) is 18.4. The highest BCUT2D eigenvalue weighted by atomic mass is 79.9. The van der Waals surface area contributed by atoms with Crippen molar-refractivity contribution in [2.45, 2.75) is 33.2 Å². The quantitative estimate of drug-likeness (QED) is 0.804. The molecule has 3 nitrogen and oxygen atoms in total. The third-order valence-electron chi connectivity index (χ3n) is 3.00. The van der Waals surface area contributed by atoms with Crippen LogP contribution in [0.2, 0.25) is 0 Å². The van der Waals surface area contributed by atoms with Gasteiger partial charge in [-0.15, -0.1) is 0 Å². The molecule has 17 heavy (non-hydrogen) atoms. The van der Waals surface area contributed by atoms with Gasteiger partial charge in [-0.2, -0.15) is 0 Å². The first-order valence-corrected chi connectivity index (χ1v) is 6.70. The van der Waals surface area contributed by atoms with Crippen molar-refractivity contribution >= 4 is 21.8 Å². The molecule has 0 spiro atoms. The summed E-state index contributed by atoms with van der Waals surface area (Å²) in [6.45, 7) is 7.84. The van der Waals surface area contributed by atoms with Gasteiger partial charge >= 0.3 is 0 Å². The van der Waals surface area contributed by atoms with Gasteiger partial charge in [0.25, 0.3) is 5.91 Å². The summed E-state index contributed by atoms with van der Waals surface area (Å²) < 4.78 is 0. The van der Waals surface area contributed by atoms with Gasteiger partial charge < -0.3 is 4.90 Å². The van der Waals surface area contributed by atoms with E-state index < -0.39 is 0 Å². The van der Waals surface area contributed by atoms with Crippen LogP contribution in [0.3, 0.4) is 0 Å². The molecule has 0 N–H and O–H groups in total. The highest BCUT2D eigenvalue weighted by Gasteiger charge is 2.28. The molecule has 0 saturated heterocycles.